The van der Waals surface area contributed by atoms with Gasteiger partial charge in [0, 0.05) is 0 Å². The van der Waals surface area contributed by atoms with Crippen LogP contribution in [0.4, 0.5) is 0 Å². The number of carboxylic acids is 1. The average Bonchev–Trinajstić information content (AvgIpc) is 0.859. The van der Waals surface area contributed by atoms with Gasteiger partial charge in [-0.3, -0.25) is 62.3 Å². The molecule has 14 atom stereocenters. The first-order valence-corrected chi connectivity index (χ1v) is 42.1. The molecule has 0 aromatic rings. The summed E-state index contributed by atoms with van der Waals surface area (Å²) in [7, 11) is 0. The molecule has 0 heterocycles. The van der Waals surface area contributed by atoms with Gasteiger partial charge in [0.05, 0.1) is 6.04 Å². The number of carbonyl (C=O) groups excluding carboxylic acids is 13. The maximum atomic E-state index is 14.8. The molecule has 652 valence electrons. The normalized spacial score (nSPS) is 15.7. The highest BCUT2D eigenvalue weighted by molar-refractivity contribution is 6.00. The number of nitrogens with one attached hydrogen (secondary N) is 13. The number of hydrogen-bond donors (Lipinski definition) is 15. The molecule has 16 N–H and O–H groups in total. The summed E-state index contributed by atoms with van der Waals surface area (Å²) in [6, 6.07) is -16.3. The molecule has 0 fully saturated rings. The number of amides is 13. The molecule has 13 amide bonds. The van der Waals surface area contributed by atoms with Crippen LogP contribution < -0.4 is 74.9 Å². The lowest BCUT2D eigenvalue weighted by molar-refractivity contribution is -0.143. The topological polar surface area (TPSA) is 442 Å². The minimum Gasteiger partial charge on any atom is -0.480 e. The molecule has 0 spiro atoms. The Bertz CT molecular complexity index is 2990. The zero-order valence-electron chi connectivity index (χ0n) is 74.3. The quantitative estimate of drug-likeness (QED) is 0.0283. The average molecular weight is 1600 g/mol. The van der Waals surface area contributed by atoms with Crippen molar-refractivity contribution in [1.82, 2.24) is 69.1 Å². The van der Waals surface area contributed by atoms with Crippen LogP contribution in [-0.2, 0) is 67.1 Å². The van der Waals surface area contributed by atoms with Gasteiger partial charge in [-0.1, -0.05) is 194 Å². The SMILES string of the molecule is CC(C)C[C@H](NC(=O)[C@H](CC(C)C)NC(=O)[C@H](CC(C)C)NC(=O)[C@H](CC(C)C)NC(=O)[C@H](CC(C)C)NC(=O)[C@H](CC(C)C)NC(=O)[C@H](CC(C)C)NC(=O)[C@H](CC(C)C)NC(=O)[C@H](CC(C)C)NC(=O)[C@H](CC(C)C)NC(=O)[C@H](CC(C)C)NC(=O)[C@H](CC(C)C)NC(=O)[C@H](CC(C)C)NC(=O)[C@@H](N)CC(C)C)C(=O)O. The largest absolute Gasteiger partial charge is 0.480 e. The third-order valence-electron chi connectivity index (χ3n) is 18.5. The van der Waals surface area contributed by atoms with Crippen molar-refractivity contribution in [2.75, 3.05) is 0 Å². The smallest absolute Gasteiger partial charge is 0.326 e. The fourth-order valence-corrected chi connectivity index (χ4v) is 13.3. The highest BCUT2D eigenvalue weighted by Crippen LogP contribution is 2.20. The number of aliphatic carboxylic acids is 1. The monoisotopic (exact) mass is 1600 g/mol. The maximum absolute atomic E-state index is 14.8. The van der Waals surface area contributed by atoms with Crippen molar-refractivity contribution in [2.45, 2.75) is 368 Å². The van der Waals surface area contributed by atoms with E-state index in [1.807, 2.05) is 194 Å². The first-order chi connectivity index (χ1) is 52.1. The summed E-state index contributed by atoms with van der Waals surface area (Å²) in [4.78, 5) is 199. The molecule has 29 nitrogen and oxygen atoms in total. The summed E-state index contributed by atoms with van der Waals surface area (Å²) >= 11 is 0. The van der Waals surface area contributed by atoms with E-state index in [0.717, 1.165) is 0 Å². The van der Waals surface area contributed by atoms with Crippen molar-refractivity contribution in [2.24, 2.45) is 88.6 Å². The van der Waals surface area contributed by atoms with Gasteiger partial charge in [-0.15, -0.1) is 0 Å². The lowest BCUT2D eigenvalue weighted by Crippen LogP contribution is -2.61. The molecule has 0 aromatic carbocycles. The maximum Gasteiger partial charge on any atom is 0.326 e. The molecule has 0 rings (SSSR count). The zero-order valence-corrected chi connectivity index (χ0v) is 74.3. The molecule has 0 saturated carbocycles. The lowest BCUT2D eigenvalue weighted by atomic mass is 9.97. The van der Waals surface area contributed by atoms with E-state index in [1.165, 1.54) is 0 Å². The van der Waals surface area contributed by atoms with Crippen LogP contribution in [0.1, 0.15) is 284 Å². The summed E-state index contributed by atoms with van der Waals surface area (Å²) in [5.74, 6) is -11.6. The highest BCUT2D eigenvalue weighted by Gasteiger charge is 2.40. The molecule has 29 heteroatoms. The summed E-state index contributed by atoms with van der Waals surface area (Å²) in [6.45, 7) is 52.1. The minimum absolute atomic E-state index is 0.0208. The Hall–Kier alpha value is -7.46. The van der Waals surface area contributed by atoms with E-state index in [1.54, 1.807) is 0 Å². The fraction of sp³-hybridized carbons (Fsp3) is 0.833. The predicted molar refractivity (Wildman–Crippen MR) is 443 cm³/mol. The Kier molecular flexibility index (Phi) is 49.4. The van der Waals surface area contributed by atoms with E-state index in [-0.39, 0.29) is 166 Å². The van der Waals surface area contributed by atoms with Crippen LogP contribution in [0.25, 0.3) is 0 Å². The van der Waals surface area contributed by atoms with Gasteiger partial charge in [0.15, 0.2) is 0 Å². The van der Waals surface area contributed by atoms with Gasteiger partial charge in [0.1, 0.15) is 78.5 Å². The Balaban J connectivity index is 7.18. The third kappa shape index (κ3) is 44.9. The molecule has 0 aliphatic carbocycles. The molecule has 0 aliphatic rings. The van der Waals surface area contributed by atoms with E-state index in [2.05, 4.69) is 69.1 Å². The summed E-state index contributed by atoms with van der Waals surface area (Å²) < 4.78 is 0. The Labute approximate surface area is 678 Å². The number of hydrogen-bond acceptors (Lipinski definition) is 15. The van der Waals surface area contributed by atoms with E-state index in [9.17, 15) is 72.2 Å². The third-order valence-corrected chi connectivity index (χ3v) is 18.5. The summed E-state index contributed by atoms with van der Waals surface area (Å²) in [5.41, 5.74) is 6.20. The fourth-order valence-electron chi connectivity index (χ4n) is 13.3. The number of nitrogens with two attached hydrogens (primary N) is 1. The molecule has 0 unspecified atom stereocenters. The van der Waals surface area contributed by atoms with Crippen molar-refractivity contribution in [3.05, 3.63) is 0 Å². The highest BCUT2D eigenvalue weighted by atomic mass is 16.4. The Morgan fingerprint density at radius 1 is 0.168 bits per heavy atom. The molecule has 0 bridgehead atoms. The van der Waals surface area contributed by atoms with Gasteiger partial charge in [-0.2, -0.15) is 0 Å². The van der Waals surface area contributed by atoms with Crippen LogP contribution in [-0.4, -0.2) is 172 Å². The number of carboxylic acid groups (broad SMARTS) is 1. The van der Waals surface area contributed by atoms with Crippen molar-refractivity contribution in [3.63, 3.8) is 0 Å². The van der Waals surface area contributed by atoms with Crippen LogP contribution in [0.5, 0.6) is 0 Å². The van der Waals surface area contributed by atoms with Gasteiger partial charge in [-0.05, 0) is 173 Å². The summed E-state index contributed by atoms with van der Waals surface area (Å²) in [6.07, 6.45) is 2.17. The lowest BCUT2D eigenvalue weighted by Gasteiger charge is -2.30. The Morgan fingerprint density at radius 2 is 0.257 bits per heavy atom. The standard InChI is InChI=1S/C84H156N14O15/c1-43(2)29-57(85)71(99)86-58(30-44(3)4)72(100)87-59(31-45(5)6)73(101)88-60(32-46(7)8)74(102)89-61(33-47(9)10)75(103)90-62(34-48(11)12)76(104)91-63(35-49(13)14)77(105)92-64(36-50(15)16)78(106)93-65(37-51(17)18)79(107)94-66(38-52(19)20)80(108)95-67(39-53(21)22)81(109)96-68(40-54(23)24)82(110)97-69(41-55(25)26)83(111)98-70(84(112)113)42-56(27)28/h43-70H,29-42,85H2,1-28H3,(H,86,99)(H,87,100)(H,88,101)(H,89,102)(H,90,103)(H,91,104)(H,92,105)(H,93,106)(H,94,107)(H,95,108)(H,96,109)(H,97,110)(H,98,111)(H,112,113)/t57-,58-,59-,60-,61-,62-,63-,64-,65-,66-,67-,68-,69-,70-/m0/s1. The second kappa shape index (κ2) is 52.9. The van der Waals surface area contributed by atoms with Crippen molar-refractivity contribution < 1.29 is 72.2 Å². The molecule has 0 saturated heterocycles. The van der Waals surface area contributed by atoms with Crippen molar-refractivity contribution in [3.8, 4) is 0 Å². The van der Waals surface area contributed by atoms with Gasteiger partial charge >= 0.3 is 5.97 Å². The van der Waals surface area contributed by atoms with E-state index in [0.29, 0.717) is 6.42 Å². The van der Waals surface area contributed by atoms with E-state index >= 15 is 0 Å². The van der Waals surface area contributed by atoms with Gasteiger partial charge in [-0.25, -0.2) is 4.79 Å². The molecule has 0 radical (unpaired) electrons. The van der Waals surface area contributed by atoms with Gasteiger partial charge in [0.2, 0.25) is 76.8 Å². The number of rotatable bonds is 55. The van der Waals surface area contributed by atoms with E-state index < -0.39 is 167 Å². The predicted octanol–water partition coefficient (Wildman–Crippen LogP) is 7.35. The second-order valence-electron chi connectivity index (χ2n) is 37.6. The minimum atomic E-state index is -1.25. The molecule has 113 heavy (non-hydrogen) atoms. The molecule has 0 aromatic heterocycles. The summed E-state index contributed by atoms with van der Waals surface area (Å²) in [5, 5.41) is 46.6. The first-order valence-electron chi connectivity index (χ1n) is 42.1. The molecular weight excluding hydrogens is 1450 g/mol. The van der Waals surface area contributed by atoms with E-state index in [4.69, 9.17) is 5.73 Å². The van der Waals surface area contributed by atoms with Gasteiger partial charge < -0.3 is 80.0 Å². The number of carbonyl (C=O) groups is 14. The van der Waals surface area contributed by atoms with Crippen molar-refractivity contribution >= 4 is 82.8 Å². The van der Waals surface area contributed by atoms with Crippen LogP contribution in [0.3, 0.4) is 0 Å². The van der Waals surface area contributed by atoms with Crippen LogP contribution in [0.15, 0.2) is 0 Å². The molecular formula is C84H156N14O15. The van der Waals surface area contributed by atoms with Gasteiger partial charge in [0.25, 0.3) is 0 Å². The van der Waals surface area contributed by atoms with Crippen LogP contribution in [0, 0.1) is 82.9 Å². The first kappa shape index (κ1) is 106. The Morgan fingerprint density at radius 3 is 0.354 bits per heavy atom. The van der Waals surface area contributed by atoms with Crippen LogP contribution in [0.2, 0.25) is 0 Å². The molecule has 0 aliphatic heterocycles. The van der Waals surface area contributed by atoms with Crippen molar-refractivity contribution in [1.29, 1.82) is 0 Å². The zero-order chi connectivity index (χ0) is 87.3. The van der Waals surface area contributed by atoms with Crippen LogP contribution >= 0.6 is 0 Å². The second-order valence-corrected chi connectivity index (χ2v) is 37.6.